The van der Waals surface area contributed by atoms with Gasteiger partial charge in [0.25, 0.3) is 0 Å². The zero-order valence-corrected chi connectivity index (χ0v) is 17.1. The monoisotopic (exact) mass is 392 g/mol. The summed E-state index contributed by atoms with van der Waals surface area (Å²) >= 11 is 0. The van der Waals surface area contributed by atoms with E-state index in [0.717, 1.165) is 35.9 Å². The minimum atomic E-state index is -0.121. The molecule has 2 aromatic rings. The van der Waals surface area contributed by atoms with Crippen molar-refractivity contribution in [2.75, 3.05) is 24.8 Å². The summed E-state index contributed by atoms with van der Waals surface area (Å²) < 4.78 is 10.7. The lowest BCUT2D eigenvalue weighted by atomic mass is 9.98. The summed E-state index contributed by atoms with van der Waals surface area (Å²) in [5.41, 5.74) is 3.27. The highest BCUT2D eigenvalue weighted by Gasteiger charge is 2.16. The van der Waals surface area contributed by atoms with Gasteiger partial charge in [0, 0.05) is 24.9 Å². The highest BCUT2D eigenvalue weighted by atomic mass is 16.7. The summed E-state index contributed by atoms with van der Waals surface area (Å²) in [6, 6.07) is 14.1. The lowest BCUT2D eigenvalue weighted by Crippen LogP contribution is -2.32. The second-order valence-corrected chi connectivity index (χ2v) is 7.94. The molecule has 0 radical (unpaired) electrons. The second kappa shape index (κ2) is 8.60. The van der Waals surface area contributed by atoms with Crippen LogP contribution in [0, 0.1) is 5.92 Å². The van der Waals surface area contributed by atoms with E-state index in [2.05, 4.69) is 41.4 Å². The first-order valence-corrected chi connectivity index (χ1v) is 10.3. The quantitative estimate of drug-likeness (QED) is 0.759. The largest absolute Gasteiger partial charge is 0.454 e. The van der Waals surface area contributed by atoms with E-state index in [9.17, 15) is 4.79 Å². The number of rotatable bonds is 5. The topological polar surface area (TPSA) is 50.8 Å². The van der Waals surface area contributed by atoms with Crippen molar-refractivity contribution >= 4 is 17.7 Å². The van der Waals surface area contributed by atoms with Crippen LogP contribution in [0.5, 0.6) is 11.5 Å². The van der Waals surface area contributed by atoms with Crippen LogP contribution < -0.4 is 19.7 Å². The Hall–Kier alpha value is -2.95. The second-order valence-electron chi connectivity index (χ2n) is 7.94. The molecule has 0 bridgehead atoms. The predicted molar refractivity (Wildman–Crippen MR) is 115 cm³/mol. The number of hydrogen-bond donors (Lipinski definition) is 1. The zero-order chi connectivity index (χ0) is 20.2. The van der Waals surface area contributed by atoms with Crippen LogP contribution >= 0.6 is 0 Å². The summed E-state index contributed by atoms with van der Waals surface area (Å²) in [4.78, 5) is 14.8. The Morgan fingerprint density at radius 3 is 2.59 bits per heavy atom. The number of anilines is 1. The third-order valence-electron chi connectivity index (χ3n) is 5.72. The van der Waals surface area contributed by atoms with Gasteiger partial charge in [-0.1, -0.05) is 25.1 Å². The molecule has 2 aliphatic rings. The van der Waals surface area contributed by atoms with Crippen molar-refractivity contribution in [3.05, 3.63) is 59.7 Å². The lowest BCUT2D eigenvalue weighted by Gasteiger charge is -2.32. The van der Waals surface area contributed by atoms with Crippen LogP contribution in [0.1, 0.15) is 43.9 Å². The van der Waals surface area contributed by atoms with Crippen LogP contribution in [-0.4, -0.2) is 25.8 Å². The number of amides is 1. The molecule has 29 heavy (non-hydrogen) atoms. The van der Waals surface area contributed by atoms with Crippen molar-refractivity contribution < 1.29 is 14.3 Å². The predicted octanol–water partition coefficient (Wildman–Crippen LogP) is 4.54. The van der Waals surface area contributed by atoms with E-state index >= 15 is 0 Å². The van der Waals surface area contributed by atoms with Gasteiger partial charge in [0.05, 0.1) is 6.04 Å². The number of fused-ring (bicyclic) bond motifs is 1. The van der Waals surface area contributed by atoms with Crippen LogP contribution in [0.4, 0.5) is 5.69 Å². The van der Waals surface area contributed by atoms with Crippen LogP contribution in [0.15, 0.2) is 48.5 Å². The summed E-state index contributed by atoms with van der Waals surface area (Å²) in [6.45, 7) is 6.82. The number of carbonyl (C=O) groups is 1. The molecule has 5 nitrogen and oxygen atoms in total. The average Bonchev–Trinajstić information content (AvgIpc) is 3.21. The van der Waals surface area contributed by atoms with Crippen LogP contribution in [0.25, 0.3) is 6.08 Å². The number of nitrogens with one attached hydrogen (secondary N) is 1. The van der Waals surface area contributed by atoms with Crippen LogP contribution in [-0.2, 0) is 4.79 Å². The average molecular weight is 392 g/mol. The van der Waals surface area contributed by atoms with Crippen molar-refractivity contribution in [3.63, 3.8) is 0 Å². The number of hydrogen-bond acceptors (Lipinski definition) is 4. The van der Waals surface area contributed by atoms with Gasteiger partial charge in [-0.05, 0) is 67.2 Å². The molecule has 1 saturated heterocycles. The molecule has 2 heterocycles. The molecule has 0 spiro atoms. The summed E-state index contributed by atoms with van der Waals surface area (Å²) in [6.07, 6.45) is 5.84. The first kappa shape index (κ1) is 19.4. The fourth-order valence-electron chi connectivity index (χ4n) is 3.77. The van der Waals surface area contributed by atoms with Crippen LogP contribution in [0.2, 0.25) is 0 Å². The highest BCUT2D eigenvalue weighted by Crippen LogP contribution is 2.32. The Balaban J connectivity index is 1.32. The standard InChI is InChI=1S/C24H28N2O3/c1-17-11-13-26(14-12-17)21-7-5-20(6-8-21)18(2)25-24(27)10-4-19-3-9-22-23(15-19)29-16-28-22/h3-10,15,17-18H,11-14,16H2,1-2H3,(H,25,27)/b10-4+/t18-/m1/s1. The number of carbonyl (C=O) groups excluding carboxylic acids is 1. The van der Waals surface area contributed by atoms with Gasteiger partial charge in [-0.25, -0.2) is 0 Å². The SMILES string of the molecule is CC1CCN(c2ccc([C@@H](C)NC(=O)/C=C/c3ccc4c(c3)OCO4)cc2)CC1. The molecule has 5 heteroatoms. The Morgan fingerprint density at radius 2 is 1.83 bits per heavy atom. The van der Waals surface area contributed by atoms with Gasteiger partial charge in [0.15, 0.2) is 11.5 Å². The summed E-state index contributed by atoms with van der Waals surface area (Å²) in [5, 5.41) is 3.03. The molecule has 1 amide bonds. The molecular weight excluding hydrogens is 364 g/mol. The Labute approximate surface area is 172 Å². The van der Waals surface area contributed by atoms with Gasteiger partial charge in [-0.3, -0.25) is 4.79 Å². The number of nitrogens with zero attached hydrogens (tertiary/aromatic N) is 1. The van der Waals surface area contributed by atoms with E-state index in [0.29, 0.717) is 5.75 Å². The molecule has 2 aliphatic heterocycles. The van der Waals surface area contributed by atoms with Gasteiger partial charge in [-0.2, -0.15) is 0 Å². The van der Waals surface area contributed by atoms with Gasteiger partial charge >= 0.3 is 0 Å². The minimum Gasteiger partial charge on any atom is -0.454 e. The fraction of sp³-hybridized carbons (Fsp3) is 0.375. The number of benzene rings is 2. The zero-order valence-electron chi connectivity index (χ0n) is 17.1. The smallest absolute Gasteiger partial charge is 0.244 e. The normalized spacial score (nSPS) is 17.5. The maximum atomic E-state index is 12.3. The first-order valence-electron chi connectivity index (χ1n) is 10.3. The van der Waals surface area contributed by atoms with Gasteiger partial charge < -0.3 is 19.7 Å². The van der Waals surface area contributed by atoms with Crippen molar-refractivity contribution in [1.82, 2.24) is 5.32 Å². The maximum absolute atomic E-state index is 12.3. The number of ether oxygens (including phenoxy) is 2. The molecule has 0 unspecified atom stereocenters. The van der Waals surface area contributed by atoms with Crippen molar-refractivity contribution in [1.29, 1.82) is 0 Å². The Bertz CT molecular complexity index is 883. The lowest BCUT2D eigenvalue weighted by molar-refractivity contribution is -0.117. The number of piperidine rings is 1. The van der Waals surface area contributed by atoms with Gasteiger partial charge in [0.1, 0.15) is 0 Å². The van der Waals surface area contributed by atoms with E-state index in [-0.39, 0.29) is 18.7 Å². The van der Waals surface area contributed by atoms with Crippen LogP contribution in [0.3, 0.4) is 0 Å². The molecule has 0 aliphatic carbocycles. The summed E-state index contributed by atoms with van der Waals surface area (Å²) in [5.74, 6) is 2.16. The molecule has 0 saturated carbocycles. The molecule has 4 rings (SSSR count). The molecule has 2 aromatic carbocycles. The minimum absolute atomic E-state index is 0.0562. The highest BCUT2D eigenvalue weighted by molar-refractivity contribution is 5.92. The van der Waals surface area contributed by atoms with E-state index in [4.69, 9.17) is 9.47 Å². The maximum Gasteiger partial charge on any atom is 0.244 e. The molecule has 1 atom stereocenters. The molecule has 152 valence electrons. The molecule has 0 aromatic heterocycles. The van der Waals surface area contributed by atoms with Gasteiger partial charge in [0.2, 0.25) is 12.7 Å². The fourth-order valence-corrected chi connectivity index (χ4v) is 3.77. The molecule has 1 fully saturated rings. The Morgan fingerprint density at radius 1 is 1.10 bits per heavy atom. The van der Waals surface area contributed by atoms with E-state index < -0.39 is 0 Å². The molecule has 1 N–H and O–H groups in total. The molecular formula is C24H28N2O3. The third-order valence-corrected chi connectivity index (χ3v) is 5.72. The van der Waals surface area contributed by atoms with Gasteiger partial charge in [-0.15, -0.1) is 0 Å². The van der Waals surface area contributed by atoms with E-state index in [1.807, 2.05) is 25.1 Å². The van der Waals surface area contributed by atoms with Crippen molar-refractivity contribution in [2.24, 2.45) is 5.92 Å². The summed E-state index contributed by atoms with van der Waals surface area (Å²) in [7, 11) is 0. The van der Waals surface area contributed by atoms with Crippen molar-refractivity contribution in [3.8, 4) is 11.5 Å². The first-order chi connectivity index (χ1) is 14.1. The van der Waals surface area contributed by atoms with Crippen molar-refractivity contribution in [2.45, 2.75) is 32.7 Å². The van der Waals surface area contributed by atoms with E-state index in [1.54, 1.807) is 12.2 Å². The Kier molecular flexibility index (Phi) is 5.74. The van der Waals surface area contributed by atoms with E-state index in [1.165, 1.54) is 18.5 Å². The third kappa shape index (κ3) is 4.73.